The molecule has 0 radical (unpaired) electrons. The Hall–Kier alpha value is -1.49. The number of nitrogens with zero attached hydrogens (tertiary/aromatic N) is 2. The molecular weight excluding hydrogens is 188 g/mol. The van der Waals surface area contributed by atoms with Crippen molar-refractivity contribution in [3.8, 4) is 0 Å². The molecule has 0 saturated heterocycles. The van der Waals surface area contributed by atoms with Gasteiger partial charge in [0.15, 0.2) is 0 Å². The average molecular weight is 194 g/mol. The van der Waals surface area contributed by atoms with Crippen molar-refractivity contribution >= 4 is 27.7 Å². The Morgan fingerprint density at radius 2 is 2.38 bits per heavy atom. The summed E-state index contributed by atoms with van der Waals surface area (Å²) in [5, 5.41) is 12.5. The van der Waals surface area contributed by atoms with Crippen LogP contribution in [0.5, 0.6) is 0 Å². The molecule has 1 aromatic heterocycles. The van der Waals surface area contributed by atoms with Crippen LogP contribution in [-0.4, -0.2) is 20.7 Å². The number of benzene rings is 1. The number of rotatable bonds is 2. The van der Waals surface area contributed by atoms with Crippen molar-refractivity contribution in [1.82, 2.24) is 9.59 Å². The minimum atomic E-state index is -0.847. The highest BCUT2D eigenvalue weighted by Gasteiger charge is 2.07. The molecule has 5 heteroatoms. The summed E-state index contributed by atoms with van der Waals surface area (Å²) in [7, 11) is 0. The second-order valence-electron chi connectivity index (χ2n) is 2.61. The van der Waals surface area contributed by atoms with Gasteiger partial charge in [0, 0.05) is 0 Å². The number of carboxylic acid groups (broad SMARTS) is 1. The molecule has 0 bridgehead atoms. The number of aromatic nitrogens is 2. The smallest absolute Gasteiger partial charge is 0.307 e. The molecule has 0 amide bonds. The molecule has 1 N–H and O–H groups in total. The molecule has 0 aliphatic rings. The molecule has 2 aromatic rings. The highest BCUT2D eigenvalue weighted by molar-refractivity contribution is 7.12. The zero-order valence-corrected chi connectivity index (χ0v) is 7.41. The van der Waals surface area contributed by atoms with E-state index in [-0.39, 0.29) is 6.42 Å². The first kappa shape index (κ1) is 8.12. The summed E-state index contributed by atoms with van der Waals surface area (Å²) >= 11 is 1.27. The van der Waals surface area contributed by atoms with Crippen LogP contribution in [0.15, 0.2) is 18.2 Å². The fourth-order valence-electron chi connectivity index (χ4n) is 1.17. The SMILES string of the molecule is O=C(O)Cc1cccc2snnc12. The standard InChI is InChI=1S/C8H6N2O2S/c11-7(12)4-5-2-1-3-6-8(5)9-10-13-6/h1-3H,4H2,(H,11,12). The Morgan fingerprint density at radius 3 is 3.15 bits per heavy atom. The fraction of sp³-hybridized carbons (Fsp3) is 0.125. The van der Waals surface area contributed by atoms with Crippen LogP contribution in [0.1, 0.15) is 5.56 Å². The normalized spacial score (nSPS) is 10.5. The molecule has 2 rings (SSSR count). The third-order valence-corrected chi connectivity index (χ3v) is 2.39. The molecule has 13 heavy (non-hydrogen) atoms. The lowest BCUT2D eigenvalue weighted by atomic mass is 10.1. The van der Waals surface area contributed by atoms with Crippen LogP contribution >= 0.6 is 11.5 Å². The van der Waals surface area contributed by atoms with Crippen LogP contribution in [0.2, 0.25) is 0 Å². The van der Waals surface area contributed by atoms with Gasteiger partial charge in [-0.05, 0) is 23.2 Å². The molecule has 0 spiro atoms. The van der Waals surface area contributed by atoms with E-state index in [9.17, 15) is 4.79 Å². The van der Waals surface area contributed by atoms with Gasteiger partial charge in [-0.3, -0.25) is 4.79 Å². The molecule has 0 aliphatic heterocycles. The van der Waals surface area contributed by atoms with Crippen LogP contribution in [0.3, 0.4) is 0 Å². The predicted octanol–water partition coefficient (Wildman–Crippen LogP) is 1.32. The zero-order chi connectivity index (χ0) is 9.26. The second kappa shape index (κ2) is 3.10. The van der Waals surface area contributed by atoms with E-state index in [1.165, 1.54) is 11.5 Å². The van der Waals surface area contributed by atoms with E-state index in [4.69, 9.17) is 5.11 Å². The van der Waals surface area contributed by atoms with Gasteiger partial charge >= 0.3 is 5.97 Å². The minimum Gasteiger partial charge on any atom is -0.481 e. The molecule has 0 aliphatic carbocycles. The van der Waals surface area contributed by atoms with E-state index in [2.05, 4.69) is 9.59 Å². The predicted molar refractivity (Wildman–Crippen MR) is 48.8 cm³/mol. The number of fused-ring (bicyclic) bond motifs is 1. The molecule has 1 heterocycles. The van der Waals surface area contributed by atoms with E-state index < -0.39 is 5.97 Å². The van der Waals surface area contributed by atoms with Crippen molar-refractivity contribution < 1.29 is 9.90 Å². The van der Waals surface area contributed by atoms with Gasteiger partial charge in [-0.1, -0.05) is 16.6 Å². The molecule has 0 atom stereocenters. The van der Waals surface area contributed by atoms with Gasteiger partial charge in [0.2, 0.25) is 0 Å². The van der Waals surface area contributed by atoms with E-state index in [1.807, 2.05) is 12.1 Å². The maximum atomic E-state index is 10.5. The van der Waals surface area contributed by atoms with Crippen molar-refractivity contribution in [1.29, 1.82) is 0 Å². The van der Waals surface area contributed by atoms with Gasteiger partial charge in [-0.15, -0.1) is 5.10 Å². The number of aliphatic carboxylic acids is 1. The third kappa shape index (κ3) is 1.50. The quantitative estimate of drug-likeness (QED) is 0.783. The van der Waals surface area contributed by atoms with Crippen molar-refractivity contribution in [3.63, 3.8) is 0 Å². The van der Waals surface area contributed by atoms with E-state index in [0.29, 0.717) is 5.52 Å². The van der Waals surface area contributed by atoms with Crippen molar-refractivity contribution in [2.24, 2.45) is 0 Å². The third-order valence-electron chi connectivity index (χ3n) is 1.70. The lowest BCUT2D eigenvalue weighted by Gasteiger charge is -1.95. The average Bonchev–Trinajstić information content (AvgIpc) is 2.51. The van der Waals surface area contributed by atoms with Gasteiger partial charge in [-0.25, -0.2) is 0 Å². The summed E-state index contributed by atoms with van der Waals surface area (Å²) in [6.45, 7) is 0. The first-order chi connectivity index (χ1) is 6.27. The van der Waals surface area contributed by atoms with Gasteiger partial charge in [-0.2, -0.15) is 0 Å². The van der Waals surface area contributed by atoms with Crippen molar-refractivity contribution in [2.45, 2.75) is 6.42 Å². The van der Waals surface area contributed by atoms with E-state index >= 15 is 0 Å². The maximum Gasteiger partial charge on any atom is 0.307 e. The van der Waals surface area contributed by atoms with E-state index in [0.717, 1.165) is 10.3 Å². The van der Waals surface area contributed by atoms with Gasteiger partial charge in [0.1, 0.15) is 5.52 Å². The summed E-state index contributed by atoms with van der Waals surface area (Å²) in [6, 6.07) is 5.46. The highest BCUT2D eigenvalue weighted by Crippen LogP contribution is 2.19. The number of carbonyl (C=O) groups is 1. The van der Waals surface area contributed by atoms with Crippen LogP contribution < -0.4 is 0 Å². The van der Waals surface area contributed by atoms with Crippen LogP contribution in [0, 0.1) is 0 Å². The Bertz CT molecular complexity index is 452. The fourth-order valence-corrected chi connectivity index (χ4v) is 1.77. The topological polar surface area (TPSA) is 63.1 Å². The summed E-state index contributed by atoms with van der Waals surface area (Å²) in [5.41, 5.74) is 1.42. The Labute approximate surface area is 78.0 Å². The van der Waals surface area contributed by atoms with Crippen molar-refractivity contribution in [3.05, 3.63) is 23.8 Å². The number of hydrogen-bond donors (Lipinski definition) is 1. The highest BCUT2D eigenvalue weighted by atomic mass is 32.1. The van der Waals surface area contributed by atoms with Gasteiger partial charge in [0.05, 0.1) is 11.1 Å². The first-order valence-corrected chi connectivity index (χ1v) is 4.46. The molecule has 66 valence electrons. The van der Waals surface area contributed by atoms with Gasteiger partial charge < -0.3 is 5.11 Å². The summed E-state index contributed by atoms with van der Waals surface area (Å²) < 4.78 is 4.70. The summed E-state index contributed by atoms with van der Waals surface area (Å²) in [4.78, 5) is 10.5. The number of hydrogen-bond acceptors (Lipinski definition) is 4. The van der Waals surface area contributed by atoms with Crippen molar-refractivity contribution in [2.75, 3.05) is 0 Å². The molecule has 1 aromatic carbocycles. The molecule has 0 fully saturated rings. The second-order valence-corrected chi connectivity index (χ2v) is 3.39. The van der Waals surface area contributed by atoms with Crippen LogP contribution in [0.4, 0.5) is 0 Å². The Balaban J connectivity index is 2.54. The van der Waals surface area contributed by atoms with Crippen LogP contribution in [0.25, 0.3) is 10.2 Å². The molecule has 0 saturated carbocycles. The molecule has 4 nitrogen and oxygen atoms in total. The number of carboxylic acids is 1. The zero-order valence-electron chi connectivity index (χ0n) is 6.60. The van der Waals surface area contributed by atoms with E-state index in [1.54, 1.807) is 6.07 Å². The Kier molecular flexibility index (Phi) is 1.94. The van der Waals surface area contributed by atoms with Crippen LogP contribution in [-0.2, 0) is 11.2 Å². The monoisotopic (exact) mass is 194 g/mol. The van der Waals surface area contributed by atoms with Gasteiger partial charge in [0.25, 0.3) is 0 Å². The first-order valence-electron chi connectivity index (χ1n) is 3.69. The largest absolute Gasteiger partial charge is 0.481 e. The Morgan fingerprint density at radius 1 is 1.54 bits per heavy atom. The lowest BCUT2D eigenvalue weighted by Crippen LogP contribution is -2.00. The lowest BCUT2D eigenvalue weighted by molar-refractivity contribution is -0.136. The maximum absolute atomic E-state index is 10.5. The summed E-state index contributed by atoms with van der Waals surface area (Å²) in [6.07, 6.45) is 0.00273. The summed E-state index contributed by atoms with van der Waals surface area (Å²) in [5.74, 6) is -0.847. The molecular formula is C8H6N2O2S. The molecule has 0 unspecified atom stereocenters. The minimum absolute atomic E-state index is 0.00273.